The molecule has 1 fully saturated rings. The maximum Gasteiger partial charge on any atom is 0.00956 e. The Morgan fingerprint density at radius 1 is 1.20 bits per heavy atom. The molecule has 1 atom stereocenters. The maximum absolute atomic E-state index is 2.36. The standard InChI is InChI=1S/C9H18S/c1-9(2,3)8-6-4-5-7-10-8/h8H,4-7H2,1-3H3/t8-/m0/s1. The van der Waals surface area contributed by atoms with Gasteiger partial charge in [-0.25, -0.2) is 0 Å². The number of hydrogen-bond acceptors (Lipinski definition) is 1. The summed E-state index contributed by atoms with van der Waals surface area (Å²) in [4.78, 5) is 0. The summed E-state index contributed by atoms with van der Waals surface area (Å²) in [5.74, 6) is 1.39. The van der Waals surface area contributed by atoms with Crippen molar-refractivity contribution in [2.75, 3.05) is 5.75 Å². The molecule has 0 nitrogen and oxygen atoms in total. The molecule has 60 valence electrons. The van der Waals surface area contributed by atoms with Crippen LogP contribution in [-0.4, -0.2) is 11.0 Å². The number of thioether (sulfide) groups is 1. The van der Waals surface area contributed by atoms with E-state index in [4.69, 9.17) is 0 Å². The Morgan fingerprint density at radius 3 is 2.20 bits per heavy atom. The van der Waals surface area contributed by atoms with Crippen LogP contribution in [0.15, 0.2) is 0 Å². The van der Waals surface area contributed by atoms with E-state index >= 15 is 0 Å². The zero-order valence-corrected chi connectivity index (χ0v) is 8.13. The molecule has 0 bridgehead atoms. The molecule has 0 N–H and O–H groups in total. The molecule has 0 aromatic carbocycles. The van der Waals surface area contributed by atoms with Gasteiger partial charge in [-0.1, -0.05) is 27.2 Å². The topological polar surface area (TPSA) is 0 Å². The van der Waals surface area contributed by atoms with Crippen molar-refractivity contribution in [1.29, 1.82) is 0 Å². The minimum atomic E-state index is 0.533. The van der Waals surface area contributed by atoms with Crippen molar-refractivity contribution in [2.24, 2.45) is 5.41 Å². The van der Waals surface area contributed by atoms with Gasteiger partial charge in [-0.2, -0.15) is 11.8 Å². The largest absolute Gasteiger partial charge is 0.158 e. The summed E-state index contributed by atoms with van der Waals surface area (Å²) >= 11 is 2.17. The average molecular weight is 158 g/mol. The van der Waals surface area contributed by atoms with Crippen molar-refractivity contribution in [1.82, 2.24) is 0 Å². The van der Waals surface area contributed by atoms with Crippen molar-refractivity contribution in [3.8, 4) is 0 Å². The molecule has 1 aliphatic heterocycles. The fraction of sp³-hybridized carbons (Fsp3) is 1.00. The van der Waals surface area contributed by atoms with Gasteiger partial charge in [-0.3, -0.25) is 0 Å². The van der Waals surface area contributed by atoms with Gasteiger partial charge in [0, 0.05) is 5.25 Å². The normalized spacial score (nSPS) is 28.5. The third kappa shape index (κ3) is 2.19. The molecule has 1 heterocycles. The minimum Gasteiger partial charge on any atom is -0.158 e. The molecular weight excluding hydrogens is 140 g/mol. The lowest BCUT2D eigenvalue weighted by atomic mass is 9.88. The van der Waals surface area contributed by atoms with Gasteiger partial charge in [0.15, 0.2) is 0 Å². The Bertz CT molecular complexity index is 95.8. The van der Waals surface area contributed by atoms with Crippen LogP contribution in [0.4, 0.5) is 0 Å². The van der Waals surface area contributed by atoms with Crippen LogP contribution < -0.4 is 0 Å². The van der Waals surface area contributed by atoms with Crippen molar-refractivity contribution >= 4 is 11.8 Å². The van der Waals surface area contributed by atoms with Gasteiger partial charge in [0.2, 0.25) is 0 Å². The van der Waals surface area contributed by atoms with E-state index in [9.17, 15) is 0 Å². The van der Waals surface area contributed by atoms with Crippen LogP contribution in [0.2, 0.25) is 0 Å². The van der Waals surface area contributed by atoms with Gasteiger partial charge in [0.25, 0.3) is 0 Å². The van der Waals surface area contributed by atoms with E-state index in [1.54, 1.807) is 0 Å². The third-order valence-electron chi connectivity index (χ3n) is 2.15. The molecule has 0 radical (unpaired) electrons. The SMILES string of the molecule is CC(C)(C)[C@@H]1CCCCS1. The van der Waals surface area contributed by atoms with Crippen LogP contribution >= 0.6 is 11.8 Å². The molecule has 0 saturated carbocycles. The summed E-state index contributed by atoms with van der Waals surface area (Å²) < 4.78 is 0. The molecule has 1 aliphatic rings. The van der Waals surface area contributed by atoms with Gasteiger partial charge in [0.05, 0.1) is 0 Å². The fourth-order valence-corrected chi connectivity index (χ4v) is 2.91. The van der Waals surface area contributed by atoms with Gasteiger partial charge in [-0.05, 0) is 24.0 Å². The van der Waals surface area contributed by atoms with E-state index in [-0.39, 0.29) is 0 Å². The first kappa shape index (κ1) is 8.45. The summed E-state index contributed by atoms with van der Waals surface area (Å²) in [7, 11) is 0. The highest BCUT2D eigenvalue weighted by Gasteiger charge is 2.26. The first-order valence-corrected chi connectivity index (χ1v) is 5.27. The highest BCUT2D eigenvalue weighted by Crippen LogP contribution is 2.37. The van der Waals surface area contributed by atoms with E-state index in [1.807, 2.05) is 0 Å². The zero-order valence-electron chi connectivity index (χ0n) is 7.31. The first-order chi connectivity index (χ1) is 4.61. The van der Waals surface area contributed by atoms with Crippen LogP contribution in [0.1, 0.15) is 40.0 Å². The predicted molar refractivity (Wildman–Crippen MR) is 49.6 cm³/mol. The van der Waals surface area contributed by atoms with Gasteiger partial charge < -0.3 is 0 Å². The second-order valence-electron chi connectivity index (χ2n) is 4.22. The highest BCUT2D eigenvalue weighted by atomic mass is 32.2. The molecule has 1 heteroatoms. The van der Waals surface area contributed by atoms with Gasteiger partial charge in [-0.15, -0.1) is 0 Å². The zero-order chi connectivity index (χ0) is 7.61. The van der Waals surface area contributed by atoms with Crippen LogP contribution in [-0.2, 0) is 0 Å². The first-order valence-electron chi connectivity index (χ1n) is 4.22. The Hall–Kier alpha value is 0.350. The van der Waals surface area contributed by atoms with E-state index in [0.717, 1.165) is 5.25 Å². The number of rotatable bonds is 0. The fourth-order valence-electron chi connectivity index (χ4n) is 1.42. The quantitative estimate of drug-likeness (QED) is 0.521. The summed E-state index contributed by atoms with van der Waals surface area (Å²) in [6.07, 6.45) is 4.33. The molecular formula is C9H18S. The molecule has 0 aromatic rings. The Morgan fingerprint density at radius 2 is 1.90 bits per heavy atom. The van der Waals surface area contributed by atoms with Crippen molar-refractivity contribution in [3.63, 3.8) is 0 Å². The molecule has 0 amide bonds. The van der Waals surface area contributed by atoms with Crippen LogP contribution in [0.5, 0.6) is 0 Å². The van der Waals surface area contributed by atoms with Crippen molar-refractivity contribution in [3.05, 3.63) is 0 Å². The molecule has 10 heavy (non-hydrogen) atoms. The molecule has 0 spiro atoms. The lowest BCUT2D eigenvalue weighted by Gasteiger charge is -2.33. The molecule has 0 aromatic heterocycles. The monoisotopic (exact) mass is 158 g/mol. The van der Waals surface area contributed by atoms with E-state index in [2.05, 4.69) is 32.5 Å². The summed E-state index contributed by atoms with van der Waals surface area (Å²) in [5, 5.41) is 0.918. The molecule has 1 saturated heterocycles. The van der Waals surface area contributed by atoms with E-state index in [1.165, 1.54) is 25.0 Å². The maximum atomic E-state index is 2.36. The van der Waals surface area contributed by atoms with Crippen molar-refractivity contribution in [2.45, 2.75) is 45.3 Å². The summed E-state index contributed by atoms with van der Waals surface area (Å²) in [5.41, 5.74) is 0.533. The lowest BCUT2D eigenvalue weighted by molar-refractivity contribution is 0.368. The van der Waals surface area contributed by atoms with Gasteiger partial charge >= 0.3 is 0 Å². The Labute approximate surface area is 68.8 Å². The average Bonchev–Trinajstić information content (AvgIpc) is 1.88. The van der Waals surface area contributed by atoms with Crippen molar-refractivity contribution < 1.29 is 0 Å². The summed E-state index contributed by atoms with van der Waals surface area (Å²) in [6.45, 7) is 7.07. The smallest absolute Gasteiger partial charge is 0.00956 e. The van der Waals surface area contributed by atoms with Crippen LogP contribution in [0.3, 0.4) is 0 Å². The van der Waals surface area contributed by atoms with E-state index < -0.39 is 0 Å². The molecule has 0 aliphatic carbocycles. The lowest BCUT2D eigenvalue weighted by Crippen LogP contribution is -2.25. The molecule has 1 rings (SSSR count). The van der Waals surface area contributed by atoms with Crippen LogP contribution in [0.25, 0.3) is 0 Å². The summed E-state index contributed by atoms with van der Waals surface area (Å²) in [6, 6.07) is 0. The number of hydrogen-bond donors (Lipinski definition) is 0. The van der Waals surface area contributed by atoms with Gasteiger partial charge in [0.1, 0.15) is 0 Å². The third-order valence-corrected chi connectivity index (χ3v) is 4.02. The Balaban J connectivity index is 2.39. The minimum absolute atomic E-state index is 0.533. The Kier molecular flexibility index (Phi) is 2.67. The highest BCUT2D eigenvalue weighted by molar-refractivity contribution is 7.99. The van der Waals surface area contributed by atoms with E-state index in [0.29, 0.717) is 5.41 Å². The molecule has 0 unspecified atom stereocenters. The predicted octanol–water partition coefficient (Wildman–Crippen LogP) is 3.32. The second kappa shape index (κ2) is 3.17. The van der Waals surface area contributed by atoms with Crippen LogP contribution in [0, 0.1) is 5.41 Å². The second-order valence-corrected chi connectivity index (χ2v) is 5.53.